The lowest BCUT2D eigenvalue weighted by molar-refractivity contribution is -0.138. The van der Waals surface area contributed by atoms with Crippen LogP contribution in [0.3, 0.4) is 0 Å². The van der Waals surface area contributed by atoms with Crippen molar-refractivity contribution in [1.82, 2.24) is 0 Å². The van der Waals surface area contributed by atoms with Gasteiger partial charge in [-0.25, -0.2) is 0 Å². The number of nitrogens with two attached hydrogens (primary N) is 1. The van der Waals surface area contributed by atoms with Gasteiger partial charge in [-0.2, -0.15) is 0 Å². The van der Waals surface area contributed by atoms with Crippen molar-refractivity contribution in [2.75, 3.05) is 13.7 Å². The number of carbonyl (C=O) groups is 1. The van der Waals surface area contributed by atoms with E-state index in [2.05, 4.69) is 4.74 Å². The molecular formula is C6H13NO2. The fourth-order valence-corrected chi connectivity index (χ4v) is 0.0833. The summed E-state index contributed by atoms with van der Waals surface area (Å²) in [6.07, 6.45) is 4.50. The molecule has 0 spiro atoms. The summed E-state index contributed by atoms with van der Waals surface area (Å²) >= 11 is 0. The standard InChI is InChI=1S/C3H7NO2.C3H6/c1-6-3(5)2-4;1-2-3-1/h2,4H2,1H3;1-3H2. The molecular weight excluding hydrogens is 118 g/mol. The predicted molar refractivity (Wildman–Crippen MR) is 34.9 cm³/mol. The Balaban J connectivity index is 0.000000173. The van der Waals surface area contributed by atoms with Crippen LogP contribution in [0.2, 0.25) is 0 Å². The van der Waals surface area contributed by atoms with Gasteiger partial charge in [-0.3, -0.25) is 4.79 Å². The number of rotatable bonds is 1. The largest absolute Gasteiger partial charge is 0.468 e. The average Bonchev–Trinajstić information content (AvgIpc) is 2.70. The Labute approximate surface area is 55.2 Å². The minimum Gasteiger partial charge on any atom is -0.468 e. The second-order valence-corrected chi connectivity index (χ2v) is 1.84. The number of hydrogen-bond acceptors (Lipinski definition) is 3. The van der Waals surface area contributed by atoms with Crippen LogP contribution in [0.5, 0.6) is 0 Å². The molecule has 1 fully saturated rings. The third-order valence-corrected chi connectivity index (χ3v) is 0.748. The minimum absolute atomic E-state index is 0.0312. The number of hydrogen-bond donors (Lipinski definition) is 1. The summed E-state index contributed by atoms with van der Waals surface area (Å²) in [5, 5.41) is 0. The normalized spacial score (nSPS) is 13.1. The molecule has 0 radical (unpaired) electrons. The van der Waals surface area contributed by atoms with Gasteiger partial charge in [0, 0.05) is 0 Å². The van der Waals surface area contributed by atoms with Crippen molar-refractivity contribution >= 4 is 5.97 Å². The summed E-state index contributed by atoms with van der Waals surface area (Å²) in [4.78, 5) is 9.83. The van der Waals surface area contributed by atoms with Crippen molar-refractivity contribution in [3.05, 3.63) is 0 Å². The molecule has 0 aromatic carbocycles. The molecule has 3 nitrogen and oxygen atoms in total. The van der Waals surface area contributed by atoms with Crippen molar-refractivity contribution in [3.8, 4) is 0 Å². The number of methoxy groups -OCH3 is 1. The summed E-state index contributed by atoms with van der Waals surface area (Å²) in [6.45, 7) is -0.0312. The summed E-state index contributed by atoms with van der Waals surface area (Å²) in [5.41, 5.74) is 4.81. The average molecular weight is 131 g/mol. The molecule has 1 aliphatic rings. The molecule has 0 aromatic rings. The van der Waals surface area contributed by atoms with Gasteiger partial charge in [-0.15, -0.1) is 0 Å². The maximum atomic E-state index is 9.83. The molecule has 0 amide bonds. The number of ether oxygens (including phenoxy) is 1. The van der Waals surface area contributed by atoms with Gasteiger partial charge in [-0.05, 0) is 0 Å². The fourth-order valence-electron chi connectivity index (χ4n) is 0.0833. The van der Waals surface area contributed by atoms with Gasteiger partial charge in [0.25, 0.3) is 0 Å². The van der Waals surface area contributed by atoms with Gasteiger partial charge in [-0.1, -0.05) is 19.3 Å². The molecule has 3 heteroatoms. The summed E-state index contributed by atoms with van der Waals surface area (Å²) < 4.78 is 4.14. The Bertz CT molecular complexity index is 72.4. The zero-order valence-corrected chi connectivity index (χ0v) is 5.72. The summed E-state index contributed by atoms with van der Waals surface area (Å²) in [7, 11) is 1.30. The van der Waals surface area contributed by atoms with Crippen LogP contribution in [-0.4, -0.2) is 19.6 Å². The highest BCUT2D eigenvalue weighted by atomic mass is 16.5. The molecule has 0 unspecified atom stereocenters. The smallest absolute Gasteiger partial charge is 0.319 e. The highest BCUT2D eigenvalue weighted by molar-refractivity contribution is 5.70. The van der Waals surface area contributed by atoms with Crippen LogP contribution in [0.4, 0.5) is 0 Å². The van der Waals surface area contributed by atoms with Gasteiger partial charge in [0.05, 0.1) is 13.7 Å². The fraction of sp³-hybridized carbons (Fsp3) is 0.833. The predicted octanol–water partition coefficient (Wildman–Crippen LogP) is 0.288. The lowest BCUT2D eigenvalue weighted by atomic mass is 10.7. The van der Waals surface area contributed by atoms with Crippen LogP contribution in [0.25, 0.3) is 0 Å². The molecule has 54 valence electrons. The van der Waals surface area contributed by atoms with E-state index in [1.165, 1.54) is 26.4 Å². The molecule has 0 aromatic heterocycles. The number of carbonyl (C=O) groups excluding carboxylic acids is 1. The van der Waals surface area contributed by atoms with E-state index >= 15 is 0 Å². The maximum absolute atomic E-state index is 9.83. The molecule has 0 aliphatic heterocycles. The van der Waals surface area contributed by atoms with Crippen molar-refractivity contribution in [2.24, 2.45) is 5.73 Å². The first kappa shape index (κ1) is 8.43. The van der Waals surface area contributed by atoms with E-state index in [1.54, 1.807) is 0 Å². The Hall–Kier alpha value is -0.570. The zero-order chi connectivity index (χ0) is 7.11. The van der Waals surface area contributed by atoms with Crippen molar-refractivity contribution < 1.29 is 9.53 Å². The highest BCUT2D eigenvalue weighted by Crippen LogP contribution is 2.14. The van der Waals surface area contributed by atoms with E-state index in [0.717, 1.165) is 0 Å². The zero-order valence-electron chi connectivity index (χ0n) is 5.72. The molecule has 2 N–H and O–H groups in total. The van der Waals surface area contributed by atoms with E-state index in [9.17, 15) is 4.79 Å². The lowest BCUT2D eigenvalue weighted by Gasteiger charge is -1.87. The van der Waals surface area contributed by atoms with E-state index in [0.29, 0.717) is 0 Å². The van der Waals surface area contributed by atoms with E-state index < -0.39 is 0 Å². The Morgan fingerprint density at radius 1 is 1.56 bits per heavy atom. The van der Waals surface area contributed by atoms with Crippen molar-refractivity contribution in [3.63, 3.8) is 0 Å². The SMILES string of the molecule is C1CC1.COC(=O)CN. The van der Waals surface area contributed by atoms with E-state index in [4.69, 9.17) is 5.73 Å². The number of esters is 1. The third kappa shape index (κ3) is 11.2. The summed E-state index contributed by atoms with van der Waals surface area (Å²) in [5.74, 6) is -0.380. The van der Waals surface area contributed by atoms with Gasteiger partial charge in [0.1, 0.15) is 0 Å². The molecule has 0 bridgehead atoms. The topological polar surface area (TPSA) is 52.3 Å². The molecule has 0 atom stereocenters. The van der Waals surface area contributed by atoms with Crippen LogP contribution < -0.4 is 5.73 Å². The van der Waals surface area contributed by atoms with Crippen LogP contribution in [0, 0.1) is 0 Å². The van der Waals surface area contributed by atoms with Crippen LogP contribution in [0.15, 0.2) is 0 Å². The monoisotopic (exact) mass is 131 g/mol. The molecule has 0 heterocycles. The molecule has 1 aliphatic carbocycles. The Morgan fingerprint density at radius 3 is 2.00 bits per heavy atom. The lowest BCUT2D eigenvalue weighted by Crippen LogP contribution is -2.14. The van der Waals surface area contributed by atoms with Gasteiger partial charge >= 0.3 is 5.97 Å². The molecule has 1 saturated carbocycles. The molecule has 1 rings (SSSR count). The second kappa shape index (κ2) is 5.56. The Morgan fingerprint density at radius 2 is 2.00 bits per heavy atom. The highest BCUT2D eigenvalue weighted by Gasteiger charge is 1.95. The summed E-state index contributed by atoms with van der Waals surface area (Å²) in [6, 6.07) is 0. The maximum Gasteiger partial charge on any atom is 0.319 e. The Kier molecular flexibility index (Phi) is 5.21. The van der Waals surface area contributed by atoms with Gasteiger partial charge in [0.2, 0.25) is 0 Å². The van der Waals surface area contributed by atoms with E-state index in [1.807, 2.05) is 0 Å². The van der Waals surface area contributed by atoms with Crippen LogP contribution in [-0.2, 0) is 9.53 Å². The van der Waals surface area contributed by atoms with Gasteiger partial charge in [0.15, 0.2) is 0 Å². The van der Waals surface area contributed by atoms with Gasteiger partial charge < -0.3 is 10.5 Å². The quantitative estimate of drug-likeness (QED) is 0.520. The van der Waals surface area contributed by atoms with Crippen molar-refractivity contribution in [2.45, 2.75) is 19.3 Å². The van der Waals surface area contributed by atoms with Crippen molar-refractivity contribution in [1.29, 1.82) is 0 Å². The molecule has 9 heavy (non-hydrogen) atoms. The molecule has 0 saturated heterocycles. The van der Waals surface area contributed by atoms with Crippen LogP contribution >= 0.6 is 0 Å². The minimum atomic E-state index is -0.380. The van der Waals surface area contributed by atoms with E-state index in [-0.39, 0.29) is 12.5 Å². The first-order valence-corrected chi connectivity index (χ1v) is 3.08. The first-order valence-electron chi connectivity index (χ1n) is 3.08. The van der Waals surface area contributed by atoms with Crippen LogP contribution in [0.1, 0.15) is 19.3 Å². The first-order chi connectivity index (χ1) is 4.31. The third-order valence-electron chi connectivity index (χ3n) is 0.748. The second-order valence-electron chi connectivity index (χ2n) is 1.84.